The van der Waals surface area contributed by atoms with Crippen LogP contribution in [0.25, 0.3) is 5.70 Å². The number of nitrogens with zero attached hydrogens (tertiary/aromatic N) is 1. The first kappa shape index (κ1) is 9.16. The number of aryl methyl sites for hydroxylation is 2. The summed E-state index contributed by atoms with van der Waals surface area (Å²) >= 11 is 0. The van der Waals surface area contributed by atoms with Crippen molar-refractivity contribution in [2.24, 2.45) is 4.99 Å². The van der Waals surface area contributed by atoms with Crippen molar-refractivity contribution in [3.63, 3.8) is 0 Å². The average Bonchev–Trinajstić information content (AvgIpc) is 2.52. The van der Waals surface area contributed by atoms with E-state index in [1.54, 1.807) is 0 Å². The van der Waals surface area contributed by atoms with E-state index in [2.05, 4.69) is 49.3 Å². The Labute approximate surface area is 84.4 Å². The average molecular weight is 187 g/mol. The summed E-state index contributed by atoms with van der Waals surface area (Å²) in [5, 5.41) is 2.06. The van der Waals surface area contributed by atoms with Gasteiger partial charge in [-0.3, -0.25) is 5.32 Å². The molecule has 1 aromatic rings. The molecular weight excluding hydrogens is 172 g/mol. The summed E-state index contributed by atoms with van der Waals surface area (Å²) in [5.41, 5.74) is 6.26. The van der Waals surface area contributed by atoms with E-state index >= 15 is 0 Å². The molecule has 2 heteroatoms. The lowest BCUT2D eigenvalue weighted by Crippen LogP contribution is -2.78. The van der Waals surface area contributed by atoms with Crippen LogP contribution in [0.1, 0.15) is 23.6 Å². The molecule has 0 aromatic heterocycles. The van der Waals surface area contributed by atoms with Crippen molar-refractivity contribution in [2.75, 3.05) is 0 Å². The fourth-order valence-electron chi connectivity index (χ4n) is 1.85. The van der Waals surface area contributed by atoms with Crippen LogP contribution in [0, 0.1) is 13.8 Å². The van der Waals surface area contributed by atoms with Gasteiger partial charge in [0, 0.05) is 12.5 Å². The maximum absolute atomic E-state index is 4.41. The van der Waals surface area contributed by atoms with E-state index in [4.69, 9.17) is 0 Å². The SMILES string of the molecule is CC1=C(c2c(C)cccc2C)N=C[NH2+]1. The Morgan fingerprint density at radius 2 is 1.71 bits per heavy atom. The normalized spacial score (nSPS) is 15.4. The molecule has 0 unspecified atom stereocenters. The van der Waals surface area contributed by atoms with Gasteiger partial charge >= 0.3 is 0 Å². The Hall–Kier alpha value is -1.41. The highest BCUT2D eigenvalue weighted by molar-refractivity contribution is 5.78. The summed E-state index contributed by atoms with van der Waals surface area (Å²) in [6, 6.07) is 6.36. The molecule has 1 aliphatic rings. The third-order valence-electron chi connectivity index (χ3n) is 2.62. The van der Waals surface area contributed by atoms with Gasteiger partial charge < -0.3 is 0 Å². The third-order valence-corrected chi connectivity index (χ3v) is 2.62. The first-order valence-corrected chi connectivity index (χ1v) is 4.85. The van der Waals surface area contributed by atoms with Crippen LogP contribution in [0.3, 0.4) is 0 Å². The van der Waals surface area contributed by atoms with Crippen molar-refractivity contribution in [3.05, 3.63) is 40.6 Å². The Bertz CT molecular complexity index is 408. The second-order valence-corrected chi connectivity index (χ2v) is 3.74. The molecule has 72 valence electrons. The molecule has 1 aliphatic heterocycles. The van der Waals surface area contributed by atoms with Crippen LogP contribution < -0.4 is 5.32 Å². The molecule has 0 spiro atoms. The molecule has 2 N–H and O–H groups in total. The molecule has 0 aliphatic carbocycles. The fourth-order valence-corrected chi connectivity index (χ4v) is 1.85. The lowest BCUT2D eigenvalue weighted by molar-refractivity contribution is -0.468. The summed E-state index contributed by atoms with van der Waals surface area (Å²) < 4.78 is 0. The van der Waals surface area contributed by atoms with E-state index in [-0.39, 0.29) is 0 Å². The molecule has 2 nitrogen and oxygen atoms in total. The number of hydrogen-bond acceptors (Lipinski definition) is 1. The van der Waals surface area contributed by atoms with Gasteiger partial charge in [0.1, 0.15) is 11.4 Å². The highest BCUT2D eigenvalue weighted by Gasteiger charge is 2.16. The topological polar surface area (TPSA) is 29.0 Å². The zero-order valence-corrected chi connectivity index (χ0v) is 8.83. The zero-order valence-electron chi connectivity index (χ0n) is 8.83. The monoisotopic (exact) mass is 187 g/mol. The largest absolute Gasteiger partial charge is 0.273 e. The molecular formula is C12H15N2+. The quantitative estimate of drug-likeness (QED) is 0.692. The molecule has 0 bridgehead atoms. The minimum atomic E-state index is 1.13. The predicted molar refractivity (Wildman–Crippen MR) is 58.9 cm³/mol. The number of aliphatic imine (C=N–C) groups is 1. The zero-order chi connectivity index (χ0) is 10.1. The summed E-state index contributed by atoms with van der Waals surface area (Å²) in [7, 11) is 0. The maximum atomic E-state index is 4.41. The van der Waals surface area contributed by atoms with E-state index in [0.29, 0.717) is 0 Å². The number of allylic oxidation sites excluding steroid dienone is 1. The highest BCUT2D eigenvalue weighted by atomic mass is 15.0. The lowest BCUT2D eigenvalue weighted by Gasteiger charge is -2.07. The van der Waals surface area contributed by atoms with Gasteiger partial charge in [0.25, 0.3) is 0 Å². The van der Waals surface area contributed by atoms with Gasteiger partial charge in [-0.15, -0.1) is 0 Å². The van der Waals surface area contributed by atoms with Crippen molar-refractivity contribution in [1.29, 1.82) is 0 Å². The highest BCUT2D eigenvalue weighted by Crippen LogP contribution is 2.25. The Morgan fingerprint density at radius 1 is 1.07 bits per heavy atom. The first-order chi connectivity index (χ1) is 6.70. The van der Waals surface area contributed by atoms with Crippen LogP contribution in [0.2, 0.25) is 0 Å². The smallest absolute Gasteiger partial charge is 0.192 e. The fraction of sp³-hybridized carbons (Fsp3) is 0.250. The van der Waals surface area contributed by atoms with E-state index in [0.717, 1.165) is 5.70 Å². The Balaban J connectivity index is 2.62. The molecule has 1 heterocycles. The van der Waals surface area contributed by atoms with Crippen molar-refractivity contribution in [3.8, 4) is 0 Å². The second-order valence-electron chi connectivity index (χ2n) is 3.74. The van der Waals surface area contributed by atoms with Gasteiger partial charge in [-0.2, -0.15) is 4.99 Å². The van der Waals surface area contributed by atoms with Crippen molar-refractivity contribution in [1.82, 2.24) is 0 Å². The van der Waals surface area contributed by atoms with E-state index in [9.17, 15) is 0 Å². The van der Waals surface area contributed by atoms with Gasteiger partial charge in [0.05, 0.1) is 0 Å². The molecule has 14 heavy (non-hydrogen) atoms. The molecule has 1 aromatic carbocycles. The minimum absolute atomic E-state index is 1.13. The Morgan fingerprint density at radius 3 is 2.21 bits per heavy atom. The summed E-state index contributed by atoms with van der Waals surface area (Å²) in [4.78, 5) is 4.41. The van der Waals surface area contributed by atoms with Gasteiger partial charge in [-0.05, 0) is 25.0 Å². The molecule has 0 amide bonds. The number of nitrogens with two attached hydrogens (primary N) is 1. The number of rotatable bonds is 1. The lowest BCUT2D eigenvalue weighted by atomic mass is 9.99. The van der Waals surface area contributed by atoms with Crippen molar-refractivity contribution >= 4 is 12.0 Å². The number of quaternary nitrogens is 1. The van der Waals surface area contributed by atoms with Crippen LogP contribution in [0.4, 0.5) is 0 Å². The molecule has 0 fully saturated rings. The maximum Gasteiger partial charge on any atom is 0.192 e. The van der Waals surface area contributed by atoms with Crippen molar-refractivity contribution < 1.29 is 5.32 Å². The van der Waals surface area contributed by atoms with Gasteiger partial charge in [0.2, 0.25) is 0 Å². The molecule has 0 radical (unpaired) electrons. The van der Waals surface area contributed by atoms with Crippen LogP contribution in [-0.2, 0) is 0 Å². The van der Waals surface area contributed by atoms with Crippen LogP contribution >= 0.6 is 0 Å². The predicted octanol–water partition coefficient (Wildman–Crippen LogP) is 1.60. The van der Waals surface area contributed by atoms with Crippen LogP contribution in [0.5, 0.6) is 0 Å². The molecule has 0 saturated heterocycles. The first-order valence-electron chi connectivity index (χ1n) is 4.85. The van der Waals surface area contributed by atoms with Gasteiger partial charge in [0.15, 0.2) is 6.34 Å². The van der Waals surface area contributed by atoms with Gasteiger partial charge in [-0.1, -0.05) is 18.2 Å². The van der Waals surface area contributed by atoms with E-state index < -0.39 is 0 Å². The number of hydrogen-bond donors (Lipinski definition) is 1. The van der Waals surface area contributed by atoms with Gasteiger partial charge in [-0.25, -0.2) is 0 Å². The second kappa shape index (κ2) is 3.39. The molecule has 0 saturated carbocycles. The van der Waals surface area contributed by atoms with Crippen molar-refractivity contribution in [2.45, 2.75) is 20.8 Å². The Kier molecular flexibility index (Phi) is 2.22. The molecule has 2 rings (SSSR count). The summed E-state index contributed by atoms with van der Waals surface area (Å²) in [6.45, 7) is 6.38. The number of benzene rings is 1. The molecule has 0 atom stereocenters. The van der Waals surface area contributed by atoms with E-state index in [1.165, 1.54) is 22.4 Å². The van der Waals surface area contributed by atoms with Crippen LogP contribution in [-0.4, -0.2) is 6.34 Å². The van der Waals surface area contributed by atoms with Crippen LogP contribution in [0.15, 0.2) is 28.9 Å². The summed E-state index contributed by atoms with van der Waals surface area (Å²) in [6.07, 6.45) is 1.87. The standard InChI is InChI=1S/C12H14N2/c1-8-5-4-6-9(2)11(8)12-10(3)13-7-14-12/h4-7H,1-3H3,(H,13,14)/p+1. The van der Waals surface area contributed by atoms with E-state index in [1.807, 2.05) is 6.34 Å². The third kappa shape index (κ3) is 1.38. The minimum Gasteiger partial charge on any atom is -0.273 e. The summed E-state index contributed by atoms with van der Waals surface area (Å²) in [5.74, 6) is 0.